The van der Waals surface area contributed by atoms with Crippen LogP contribution < -0.4 is 10.6 Å². The van der Waals surface area contributed by atoms with Crippen LogP contribution >= 0.6 is 0 Å². The second-order valence-electron chi connectivity index (χ2n) is 5.24. The van der Waals surface area contributed by atoms with Crippen LogP contribution in [0, 0.1) is 11.6 Å². The number of hydrogen-bond donors (Lipinski definition) is 2. The smallest absolute Gasteiger partial charge is 0.224 e. The highest BCUT2D eigenvalue weighted by Gasteiger charge is 2.10. The average molecular weight is 318 g/mol. The zero-order valence-corrected chi connectivity index (χ0v) is 13.0. The van der Waals surface area contributed by atoms with E-state index in [1.54, 1.807) is 6.07 Å². The van der Waals surface area contributed by atoms with Gasteiger partial charge in [0, 0.05) is 18.7 Å². The Morgan fingerprint density at radius 3 is 2.70 bits per heavy atom. The summed E-state index contributed by atoms with van der Waals surface area (Å²) in [5.74, 6) is -2.00. The van der Waals surface area contributed by atoms with Crippen molar-refractivity contribution in [1.82, 2.24) is 5.32 Å². The number of rotatable bonds is 7. The molecule has 0 aliphatic rings. The largest absolute Gasteiger partial charge is 0.326 e. The lowest BCUT2D eigenvalue weighted by Gasteiger charge is -2.08. The van der Waals surface area contributed by atoms with Crippen LogP contribution in [0.2, 0.25) is 0 Å². The molecule has 0 bridgehead atoms. The van der Waals surface area contributed by atoms with Gasteiger partial charge in [-0.1, -0.05) is 31.2 Å². The van der Waals surface area contributed by atoms with Crippen molar-refractivity contribution in [2.75, 3.05) is 11.9 Å². The minimum absolute atomic E-state index is 0.0951. The summed E-state index contributed by atoms with van der Waals surface area (Å²) < 4.78 is 26.7. The van der Waals surface area contributed by atoms with Gasteiger partial charge in [-0.05, 0) is 42.3 Å². The minimum atomic E-state index is -0.890. The van der Waals surface area contributed by atoms with Crippen molar-refractivity contribution in [3.05, 3.63) is 65.2 Å². The maximum absolute atomic E-state index is 13.5. The highest BCUT2D eigenvalue weighted by molar-refractivity contribution is 5.90. The molecule has 2 aromatic rings. The summed E-state index contributed by atoms with van der Waals surface area (Å²) in [6.07, 6.45) is 0.254. The molecule has 0 saturated heterocycles. The first-order valence-corrected chi connectivity index (χ1v) is 7.62. The normalized spacial score (nSPS) is 10.6. The Labute approximate surface area is 134 Å². The minimum Gasteiger partial charge on any atom is -0.326 e. The highest BCUT2D eigenvalue weighted by Crippen LogP contribution is 2.15. The van der Waals surface area contributed by atoms with Crippen LogP contribution in [0.4, 0.5) is 14.5 Å². The topological polar surface area (TPSA) is 41.1 Å². The first kappa shape index (κ1) is 17.1. The number of halogens is 2. The van der Waals surface area contributed by atoms with Crippen LogP contribution in [0.3, 0.4) is 0 Å². The molecule has 0 aliphatic heterocycles. The SMILES string of the molecule is CCNCc1cccc(NC(=O)CCc2cccc(F)c2F)c1. The molecule has 122 valence electrons. The van der Waals surface area contributed by atoms with Gasteiger partial charge in [0.15, 0.2) is 11.6 Å². The van der Waals surface area contributed by atoms with Gasteiger partial charge < -0.3 is 10.6 Å². The van der Waals surface area contributed by atoms with E-state index >= 15 is 0 Å². The molecule has 2 aromatic carbocycles. The Balaban J connectivity index is 1.91. The van der Waals surface area contributed by atoms with E-state index in [0.29, 0.717) is 5.69 Å². The van der Waals surface area contributed by atoms with Crippen molar-refractivity contribution in [3.8, 4) is 0 Å². The lowest BCUT2D eigenvalue weighted by atomic mass is 10.1. The van der Waals surface area contributed by atoms with E-state index in [-0.39, 0.29) is 24.3 Å². The van der Waals surface area contributed by atoms with Crippen molar-refractivity contribution in [2.45, 2.75) is 26.3 Å². The number of carbonyl (C=O) groups is 1. The molecule has 0 aliphatic carbocycles. The summed E-state index contributed by atoms with van der Waals surface area (Å²) in [7, 11) is 0. The Morgan fingerprint density at radius 2 is 1.91 bits per heavy atom. The quantitative estimate of drug-likeness (QED) is 0.818. The number of hydrogen-bond acceptors (Lipinski definition) is 2. The highest BCUT2D eigenvalue weighted by atomic mass is 19.2. The summed E-state index contributed by atoms with van der Waals surface area (Å²) >= 11 is 0. The zero-order valence-electron chi connectivity index (χ0n) is 13.0. The fourth-order valence-corrected chi connectivity index (χ4v) is 2.24. The molecule has 0 saturated carbocycles. The van der Waals surface area contributed by atoms with E-state index in [4.69, 9.17) is 0 Å². The predicted molar refractivity (Wildman–Crippen MR) is 87.1 cm³/mol. The molecule has 5 heteroatoms. The van der Waals surface area contributed by atoms with Crippen molar-refractivity contribution in [1.29, 1.82) is 0 Å². The number of amides is 1. The van der Waals surface area contributed by atoms with Gasteiger partial charge >= 0.3 is 0 Å². The van der Waals surface area contributed by atoms with Crippen LogP contribution in [0.25, 0.3) is 0 Å². The molecule has 2 N–H and O–H groups in total. The molecule has 0 aromatic heterocycles. The molecule has 0 atom stereocenters. The summed E-state index contributed by atoms with van der Waals surface area (Å²) in [4.78, 5) is 12.0. The van der Waals surface area contributed by atoms with Crippen molar-refractivity contribution < 1.29 is 13.6 Å². The Bertz CT molecular complexity index is 674. The number of carbonyl (C=O) groups excluding carboxylic acids is 1. The molecule has 0 unspecified atom stereocenters. The molecular formula is C18H20F2N2O. The first-order valence-electron chi connectivity index (χ1n) is 7.62. The first-order chi connectivity index (χ1) is 11.1. The van der Waals surface area contributed by atoms with Gasteiger partial charge in [0.1, 0.15) is 0 Å². The fourth-order valence-electron chi connectivity index (χ4n) is 2.24. The maximum Gasteiger partial charge on any atom is 0.224 e. The fraction of sp³-hybridized carbons (Fsp3) is 0.278. The predicted octanol–water partition coefficient (Wildman–Crippen LogP) is 3.65. The van der Waals surface area contributed by atoms with E-state index < -0.39 is 11.6 Å². The van der Waals surface area contributed by atoms with E-state index in [1.165, 1.54) is 12.1 Å². The molecule has 0 fully saturated rings. The maximum atomic E-state index is 13.5. The zero-order chi connectivity index (χ0) is 16.7. The number of aryl methyl sites for hydroxylation is 1. The van der Waals surface area contributed by atoms with E-state index in [0.717, 1.165) is 24.7 Å². The third kappa shape index (κ3) is 5.14. The lowest BCUT2D eigenvalue weighted by Crippen LogP contribution is -2.14. The van der Waals surface area contributed by atoms with Crippen LogP contribution in [0.15, 0.2) is 42.5 Å². The van der Waals surface area contributed by atoms with E-state index in [9.17, 15) is 13.6 Å². The van der Waals surface area contributed by atoms with Gasteiger partial charge in [0.05, 0.1) is 0 Å². The van der Waals surface area contributed by atoms with Crippen LogP contribution in [-0.4, -0.2) is 12.5 Å². The Kier molecular flexibility index (Phi) is 6.23. The van der Waals surface area contributed by atoms with Gasteiger partial charge in [-0.2, -0.15) is 0 Å². The van der Waals surface area contributed by atoms with Crippen molar-refractivity contribution >= 4 is 11.6 Å². The van der Waals surface area contributed by atoms with Gasteiger partial charge in [-0.3, -0.25) is 4.79 Å². The summed E-state index contributed by atoms with van der Waals surface area (Å²) in [5.41, 5.74) is 1.98. The lowest BCUT2D eigenvalue weighted by molar-refractivity contribution is -0.116. The van der Waals surface area contributed by atoms with Crippen LogP contribution in [0.1, 0.15) is 24.5 Å². The standard InChI is InChI=1S/C18H20F2N2O/c1-2-21-12-13-5-3-7-15(11-13)22-17(23)10-9-14-6-4-8-16(19)18(14)20/h3-8,11,21H,2,9-10,12H2,1H3,(H,22,23). The van der Waals surface area contributed by atoms with Gasteiger partial charge in [0.25, 0.3) is 0 Å². The Hall–Kier alpha value is -2.27. The second-order valence-corrected chi connectivity index (χ2v) is 5.24. The van der Waals surface area contributed by atoms with Crippen LogP contribution in [-0.2, 0) is 17.8 Å². The molecule has 23 heavy (non-hydrogen) atoms. The van der Waals surface area contributed by atoms with Gasteiger partial charge in [-0.25, -0.2) is 8.78 Å². The molecule has 2 rings (SSSR count). The molecule has 0 radical (unpaired) electrons. The third-order valence-electron chi connectivity index (χ3n) is 3.44. The van der Waals surface area contributed by atoms with E-state index in [2.05, 4.69) is 10.6 Å². The third-order valence-corrected chi connectivity index (χ3v) is 3.44. The van der Waals surface area contributed by atoms with Crippen LogP contribution in [0.5, 0.6) is 0 Å². The Morgan fingerprint density at radius 1 is 1.13 bits per heavy atom. The average Bonchev–Trinajstić information content (AvgIpc) is 2.54. The van der Waals surface area contributed by atoms with Gasteiger partial charge in [-0.15, -0.1) is 0 Å². The molecule has 0 spiro atoms. The summed E-state index contributed by atoms with van der Waals surface area (Å²) in [5, 5.41) is 5.99. The number of benzene rings is 2. The second kappa shape index (κ2) is 8.39. The number of anilines is 1. The van der Waals surface area contributed by atoms with Gasteiger partial charge in [0.2, 0.25) is 5.91 Å². The molecular weight excluding hydrogens is 298 g/mol. The van der Waals surface area contributed by atoms with Crippen molar-refractivity contribution in [3.63, 3.8) is 0 Å². The van der Waals surface area contributed by atoms with E-state index in [1.807, 2.05) is 25.1 Å². The summed E-state index contributed by atoms with van der Waals surface area (Å²) in [6.45, 7) is 3.63. The monoisotopic (exact) mass is 318 g/mol. The van der Waals surface area contributed by atoms with Crippen molar-refractivity contribution in [2.24, 2.45) is 0 Å². The number of nitrogens with one attached hydrogen (secondary N) is 2. The molecule has 0 heterocycles. The summed E-state index contributed by atoms with van der Waals surface area (Å²) in [6, 6.07) is 11.5. The molecule has 1 amide bonds. The molecule has 3 nitrogen and oxygen atoms in total.